The van der Waals surface area contributed by atoms with Crippen LogP contribution in [0.1, 0.15) is 0 Å². The molecule has 0 amide bonds. The summed E-state index contributed by atoms with van der Waals surface area (Å²) in [7, 11) is 0. The van der Waals surface area contributed by atoms with Gasteiger partial charge in [-0.3, -0.25) is 0 Å². The van der Waals surface area contributed by atoms with E-state index in [1.165, 1.54) is 21.9 Å². The number of para-hydroxylation sites is 2. The van der Waals surface area contributed by atoms with Crippen LogP contribution in [0.15, 0.2) is 221 Å². The van der Waals surface area contributed by atoms with Gasteiger partial charge in [-0.25, -0.2) is 0 Å². The molecule has 0 unspecified atom stereocenters. The summed E-state index contributed by atoms with van der Waals surface area (Å²) >= 11 is 0. The average molecular weight is 754 g/mol. The Balaban J connectivity index is 0.951. The van der Waals surface area contributed by atoms with E-state index in [0.29, 0.717) is 0 Å². The minimum absolute atomic E-state index is 0.906. The van der Waals surface area contributed by atoms with Crippen molar-refractivity contribution in [1.29, 1.82) is 0 Å². The highest BCUT2D eigenvalue weighted by Gasteiger charge is 2.18. The number of rotatable bonds is 6. The first kappa shape index (κ1) is 33.3. The molecule has 0 saturated carbocycles. The molecule has 0 aliphatic heterocycles. The van der Waals surface area contributed by atoms with E-state index in [-0.39, 0.29) is 0 Å². The van der Waals surface area contributed by atoms with Crippen LogP contribution in [0.25, 0.3) is 98.8 Å². The lowest BCUT2D eigenvalue weighted by molar-refractivity contribution is 0.673. The maximum absolute atomic E-state index is 6.71. The Morgan fingerprint density at radius 2 is 0.610 bits per heavy atom. The molecule has 10 aromatic carbocycles. The fourth-order valence-corrected chi connectivity index (χ4v) is 8.97. The van der Waals surface area contributed by atoms with E-state index in [2.05, 4.69) is 217 Å². The smallest absolute Gasteiger partial charge is 0.143 e. The van der Waals surface area contributed by atoms with Crippen LogP contribution in [0.2, 0.25) is 0 Å². The van der Waals surface area contributed by atoms with Crippen LogP contribution in [0.4, 0.5) is 17.1 Å². The van der Waals surface area contributed by atoms with Gasteiger partial charge in [0.05, 0.1) is 0 Å². The Kier molecular flexibility index (Phi) is 7.54. The minimum Gasteiger partial charge on any atom is -0.455 e. The molecule has 2 aromatic heterocycles. The normalized spacial score (nSPS) is 11.7. The zero-order valence-electron chi connectivity index (χ0n) is 32.0. The maximum Gasteiger partial charge on any atom is 0.143 e. The van der Waals surface area contributed by atoms with Crippen LogP contribution in [-0.2, 0) is 0 Å². The molecule has 2 heterocycles. The second kappa shape index (κ2) is 13.4. The predicted octanol–water partition coefficient (Wildman–Crippen LogP) is 16.3. The number of hydrogen-bond acceptors (Lipinski definition) is 3. The third-order valence-corrected chi connectivity index (χ3v) is 11.9. The van der Waals surface area contributed by atoms with E-state index < -0.39 is 0 Å². The molecular formula is C56H35NO2. The van der Waals surface area contributed by atoms with Crippen molar-refractivity contribution in [2.45, 2.75) is 0 Å². The van der Waals surface area contributed by atoms with E-state index in [9.17, 15) is 0 Å². The topological polar surface area (TPSA) is 29.5 Å². The fraction of sp³-hybridized carbons (Fsp3) is 0. The predicted molar refractivity (Wildman–Crippen MR) is 247 cm³/mol. The van der Waals surface area contributed by atoms with Crippen LogP contribution in [0.5, 0.6) is 0 Å². The molecule has 0 aliphatic carbocycles. The largest absolute Gasteiger partial charge is 0.455 e. The molecule has 0 atom stereocenters. The Morgan fingerprint density at radius 1 is 0.237 bits per heavy atom. The van der Waals surface area contributed by atoms with Crippen LogP contribution >= 0.6 is 0 Å². The molecule has 12 rings (SSSR count). The summed E-state index contributed by atoms with van der Waals surface area (Å²) in [5, 5.41) is 9.13. The van der Waals surface area contributed by atoms with Gasteiger partial charge in [-0.2, -0.15) is 0 Å². The summed E-state index contributed by atoms with van der Waals surface area (Å²) < 4.78 is 13.4. The molecule has 0 bridgehead atoms. The summed E-state index contributed by atoms with van der Waals surface area (Å²) in [6, 6.07) is 75.5. The van der Waals surface area contributed by atoms with Gasteiger partial charge in [0.25, 0.3) is 0 Å². The Bertz CT molecular complexity index is 3330. The van der Waals surface area contributed by atoms with Crippen LogP contribution in [0.3, 0.4) is 0 Å². The van der Waals surface area contributed by atoms with Crippen molar-refractivity contribution in [3.63, 3.8) is 0 Å². The Hall–Kier alpha value is -7.88. The second-order valence-electron chi connectivity index (χ2n) is 15.2. The lowest BCUT2D eigenvalue weighted by atomic mass is 10.00. The lowest BCUT2D eigenvalue weighted by Gasteiger charge is -2.26. The summed E-state index contributed by atoms with van der Waals surface area (Å²) in [5.74, 6) is 0. The van der Waals surface area contributed by atoms with Gasteiger partial charge in [0.1, 0.15) is 22.3 Å². The number of fused-ring (bicyclic) bond motifs is 10. The number of furan rings is 2. The number of anilines is 3. The molecule has 12 aromatic rings. The van der Waals surface area contributed by atoms with Crippen molar-refractivity contribution >= 4 is 82.5 Å². The first-order valence-corrected chi connectivity index (χ1v) is 20.1. The molecule has 0 fully saturated rings. The number of benzene rings is 10. The highest BCUT2D eigenvalue weighted by Crippen LogP contribution is 2.43. The molecule has 3 heteroatoms. The fourth-order valence-electron chi connectivity index (χ4n) is 8.97. The van der Waals surface area contributed by atoms with Crippen molar-refractivity contribution in [2.24, 2.45) is 0 Å². The molecule has 0 radical (unpaired) electrons. The van der Waals surface area contributed by atoms with Crippen LogP contribution in [-0.4, -0.2) is 0 Å². The first-order valence-electron chi connectivity index (χ1n) is 20.1. The van der Waals surface area contributed by atoms with Gasteiger partial charge in [0.15, 0.2) is 0 Å². The van der Waals surface area contributed by atoms with Gasteiger partial charge in [0, 0.05) is 60.5 Å². The Labute approximate surface area is 340 Å². The quantitative estimate of drug-likeness (QED) is 0.169. The van der Waals surface area contributed by atoms with Gasteiger partial charge < -0.3 is 13.7 Å². The van der Waals surface area contributed by atoms with Crippen molar-refractivity contribution in [3.05, 3.63) is 212 Å². The number of hydrogen-bond donors (Lipinski definition) is 0. The van der Waals surface area contributed by atoms with E-state index >= 15 is 0 Å². The van der Waals surface area contributed by atoms with Crippen LogP contribution < -0.4 is 4.90 Å². The number of nitrogens with zero attached hydrogens (tertiary/aromatic N) is 1. The molecule has 0 N–H and O–H groups in total. The van der Waals surface area contributed by atoms with E-state index in [4.69, 9.17) is 8.83 Å². The van der Waals surface area contributed by atoms with Crippen molar-refractivity contribution < 1.29 is 8.83 Å². The molecule has 0 spiro atoms. The summed E-state index contributed by atoms with van der Waals surface area (Å²) in [6.45, 7) is 0. The zero-order valence-corrected chi connectivity index (χ0v) is 32.0. The van der Waals surface area contributed by atoms with Crippen molar-refractivity contribution in [1.82, 2.24) is 0 Å². The SMILES string of the molecule is c1ccc(-c2ccc(N(c3ccc(-c4cccc5c4oc4c6ccccc6ccc54)cc3)c3ccc(-c4cccc5c4oc4c6ccccc6ccc54)cc3)cc2)cc1. The van der Waals surface area contributed by atoms with Gasteiger partial charge in [0.2, 0.25) is 0 Å². The van der Waals surface area contributed by atoms with Gasteiger partial charge in [-0.15, -0.1) is 0 Å². The average Bonchev–Trinajstić information content (AvgIpc) is 3.90. The maximum atomic E-state index is 6.71. The van der Waals surface area contributed by atoms with Gasteiger partial charge in [-0.1, -0.05) is 164 Å². The van der Waals surface area contributed by atoms with Crippen molar-refractivity contribution in [2.75, 3.05) is 4.90 Å². The van der Waals surface area contributed by atoms with E-state index in [1.54, 1.807) is 0 Å². The zero-order chi connectivity index (χ0) is 38.9. The first-order chi connectivity index (χ1) is 29.2. The molecule has 0 saturated heterocycles. The summed E-state index contributed by atoms with van der Waals surface area (Å²) in [5.41, 5.74) is 13.6. The lowest BCUT2D eigenvalue weighted by Crippen LogP contribution is -2.09. The standard InChI is InChI=1S/C56H35NO2/c1-2-10-36(11-3-1)37-20-28-42(29-21-37)57(43-30-22-40(23-31-43)47-16-8-18-49-51-34-26-38-12-4-6-14-45(38)55(51)58-53(47)49)44-32-24-41(25-33-44)48-17-9-19-50-52-35-27-39-13-5-7-15-46(39)56(52)59-54(48)50/h1-35H. The van der Waals surface area contributed by atoms with Gasteiger partial charge in [-0.05, 0) is 81.6 Å². The van der Waals surface area contributed by atoms with Crippen molar-refractivity contribution in [3.8, 4) is 33.4 Å². The summed E-state index contributed by atoms with van der Waals surface area (Å²) in [6.07, 6.45) is 0. The third kappa shape index (κ3) is 5.44. The van der Waals surface area contributed by atoms with E-state index in [0.717, 1.165) is 94.0 Å². The highest BCUT2D eigenvalue weighted by atomic mass is 16.3. The molecule has 59 heavy (non-hydrogen) atoms. The van der Waals surface area contributed by atoms with E-state index in [1.807, 2.05) is 0 Å². The molecular weight excluding hydrogens is 719 g/mol. The molecule has 3 nitrogen and oxygen atoms in total. The highest BCUT2D eigenvalue weighted by molar-refractivity contribution is 6.18. The second-order valence-corrected chi connectivity index (χ2v) is 15.2. The molecule has 0 aliphatic rings. The van der Waals surface area contributed by atoms with Gasteiger partial charge >= 0.3 is 0 Å². The Morgan fingerprint density at radius 3 is 1.08 bits per heavy atom. The van der Waals surface area contributed by atoms with Crippen LogP contribution in [0, 0.1) is 0 Å². The molecule has 276 valence electrons. The summed E-state index contributed by atoms with van der Waals surface area (Å²) in [4.78, 5) is 2.32. The monoisotopic (exact) mass is 753 g/mol. The third-order valence-electron chi connectivity index (χ3n) is 11.9. The minimum atomic E-state index is 0.906.